The van der Waals surface area contributed by atoms with Gasteiger partial charge in [-0.3, -0.25) is 19.5 Å². The zero-order valence-corrected chi connectivity index (χ0v) is 17.8. The van der Waals surface area contributed by atoms with Gasteiger partial charge in [0, 0.05) is 47.7 Å². The van der Waals surface area contributed by atoms with E-state index in [2.05, 4.69) is 15.3 Å². The maximum Gasteiger partial charge on any atom is 0.229 e. The summed E-state index contributed by atoms with van der Waals surface area (Å²) in [6.45, 7) is 1.44. The predicted octanol–water partition coefficient (Wildman–Crippen LogP) is 5.29. The fourth-order valence-electron chi connectivity index (χ4n) is 3.35. The molecule has 2 amide bonds. The number of anilines is 3. The van der Waals surface area contributed by atoms with Crippen molar-refractivity contribution in [3.8, 4) is 0 Å². The van der Waals surface area contributed by atoms with Crippen molar-refractivity contribution < 1.29 is 14.0 Å². The summed E-state index contributed by atoms with van der Waals surface area (Å²) in [6.07, 6.45) is 4.92. The van der Waals surface area contributed by atoms with Gasteiger partial charge in [0.05, 0.1) is 12.1 Å². The highest BCUT2D eigenvalue weighted by molar-refractivity contribution is 6.31. The van der Waals surface area contributed by atoms with Gasteiger partial charge in [-0.15, -0.1) is 0 Å². The summed E-state index contributed by atoms with van der Waals surface area (Å²) < 4.78 is 13.2. The molecule has 160 valence electrons. The fraction of sp³-hybridized carbons (Fsp3) is 0.0833. The smallest absolute Gasteiger partial charge is 0.229 e. The third kappa shape index (κ3) is 4.73. The molecule has 1 N–H and O–H groups in total. The number of nitrogens with zero attached hydrogens (tertiary/aromatic N) is 3. The van der Waals surface area contributed by atoms with Crippen LogP contribution in [0.5, 0.6) is 0 Å². The first-order valence-electron chi connectivity index (χ1n) is 9.75. The highest BCUT2D eigenvalue weighted by Crippen LogP contribution is 2.29. The van der Waals surface area contributed by atoms with Gasteiger partial charge in [-0.1, -0.05) is 23.7 Å². The number of halogens is 2. The lowest BCUT2D eigenvalue weighted by Gasteiger charge is -2.21. The number of hydrogen-bond donors (Lipinski definition) is 1. The van der Waals surface area contributed by atoms with Gasteiger partial charge in [-0.2, -0.15) is 0 Å². The number of hydrogen-bond acceptors (Lipinski definition) is 4. The minimum absolute atomic E-state index is 0.0229. The van der Waals surface area contributed by atoms with Crippen LogP contribution in [0, 0.1) is 5.82 Å². The maximum atomic E-state index is 13.2. The van der Waals surface area contributed by atoms with Crippen LogP contribution in [-0.4, -0.2) is 21.8 Å². The van der Waals surface area contributed by atoms with Crippen LogP contribution < -0.4 is 10.2 Å². The molecule has 2 aromatic carbocycles. The van der Waals surface area contributed by atoms with Crippen LogP contribution in [0.3, 0.4) is 0 Å². The molecule has 0 saturated carbocycles. The molecule has 32 heavy (non-hydrogen) atoms. The van der Waals surface area contributed by atoms with Crippen LogP contribution in [0.4, 0.5) is 21.6 Å². The first kappa shape index (κ1) is 21.4. The van der Waals surface area contributed by atoms with Gasteiger partial charge in [-0.25, -0.2) is 9.37 Å². The lowest BCUT2D eigenvalue weighted by atomic mass is 10.1. The molecule has 0 unspecified atom stereocenters. The van der Waals surface area contributed by atoms with E-state index in [0.717, 1.165) is 10.8 Å². The van der Waals surface area contributed by atoms with Crippen molar-refractivity contribution in [3.05, 3.63) is 89.6 Å². The van der Waals surface area contributed by atoms with Crippen molar-refractivity contribution in [3.63, 3.8) is 0 Å². The lowest BCUT2D eigenvalue weighted by molar-refractivity contribution is -0.116. The van der Waals surface area contributed by atoms with Crippen LogP contribution in [-0.2, 0) is 16.0 Å². The number of nitrogens with one attached hydrogen (secondary N) is 1. The van der Waals surface area contributed by atoms with E-state index in [9.17, 15) is 14.0 Å². The quantitative estimate of drug-likeness (QED) is 0.450. The molecule has 2 aromatic heterocycles. The molecule has 0 aliphatic carbocycles. The topological polar surface area (TPSA) is 75.2 Å². The Bertz CT molecular complexity index is 1330. The van der Waals surface area contributed by atoms with Gasteiger partial charge in [0.1, 0.15) is 11.6 Å². The first-order valence-corrected chi connectivity index (χ1v) is 10.1. The highest BCUT2D eigenvalue weighted by Gasteiger charge is 2.17. The second-order valence-corrected chi connectivity index (χ2v) is 7.53. The predicted molar refractivity (Wildman–Crippen MR) is 123 cm³/mol. The number of carbonyl (C=O) groups is 2. The third-order valence-electron chi connectivity index (χ3n) is 4.82. The molecular weight excluding hydrogens is 431 g/mol. The zero-order valence-electron chi connectivity index (χ0n) is 17.0. The van der Waals surface area contributed by atoms with Gasteiger partial charge in [0.2, 0.25) is 11.8 Å². The Morgan fingerprint density at radius 1 is 1.03 bits per heavy atom. The second kappa shape index (κ2) is 9.11. The molecule has 6 nitrogen and oxygen atoms in total. The summed E-state index contributed by atoms with van der Waals surface area (Å²) in [5.41, 5.74) is 1.61. The Morgan fingerprint density at radius 2 is 1.88 bits per heavy atom. The van der Waals surface area contributed by atoms with Crippen LogP contribution >= 0.6 is 11.6 Å². The van der Waals surface area contributed by atoms with E-state index in [0.29, 0.717) is 22.8 Å². The third-order valence-corrected chi connectivity index (χ3v) is 5.17. The summed E-state index contributed by atoms with van der Waals surface area (Å²) in [5.74, 6) is -0.672. The number of amides is 2. The van der Waals surface area contributed by atoms with Crippen LogP contribution in [0.2, 0.25) is 5.02 Å². The molecule has 0 radical (unpaired) electrons. The largest absolute Gasteiger partial charge is 0.326 e. The number of pyridine rings is 2. The lowest BCUT2D eigenvalue weighted by Crippen LogP contribution is -2.24. The van der Waals surface area contributed by atoms with E-state index in [1.165, 1.54) is 36.2 Å². The van der Waals surface area contributed by atoms with Gasteiger partial charge in [-0.05, 0) is 47.3 Å². The summed E-state index contributed by atoms with van der Waals surface area (Å²) in [5, 5.41) is 4.84. The van der Waals surface area contributed by atoms with Gasteiger partial charge in [0.15, 0.2) is 0 Å². The van der Waals surface area contributed by atoms with Crippen LogP contribution in [0.15, 0.2) is 73.2 Å². The molecule has 0 atom stereocenters. The molecule has 4 rings (SSSR count). The second-order valence-electron chi connectivity index (χ2n) is 7.12. The van der Waals surface area contributed by atoms with Crippen molar-refractivity contribution in [2.45, 2.75) is 13.3 Å². The maximum absolute atomic E-state index is 13.2. The monoisotopic (exact) mass is 448 g/mol. The van der Waals surface area contributed by atoms with E-state index < -0.39 is 5.82 Å². The fourth-order valence-corrected chi connectivity index (χ4v) is 3.58. The number of aromatic nitrogens is 2. The van der Waals surface area contributed by atoms with Crippen molar-refractivity contribution in [2.24, 2.45) is 0 Å². The summed E-state index contributed by atoms with van der Waals surface area (Å²) in [7, 11) is 0. The van der Waals surface area contributed by atoms with Crippen LogP contribution in [0.1, 0.15) is 12.5 Å². The number of fused-ring (bicyclic) bond motifs is 1. The van der Waals surface area contributed by atoms with Crippen molar-refractivity contribution in [2.75, 3.05) is 10.2 Å². The molecule has 0 spiro atoms. The van der Waals surface area contributed by atoms with E-state index in [1.807, 2.05) is 24.3 Å². The molecule has 0 aliphatic heterocycles. The number of benzene rings is 2. The molecule has 0 bridgehead atoms. The molecule has 0 fully saturated rings. The SMILES string of the molecule is CC(=O)N(c1ccc2ccncc2c1)c1cc(NC(=O)Cc2ccc(F)cc2Cl)ccn1. The van der Waals surface area contributed by atoms with E-state index in [-0.39, 0.29) is 23.3 Å². The summed E-state index contributed by atoms with van der Waals surface area (Å²) in [6, 6.07) is 14.6. The number of carbonyl (C=O) groups excluding carboxylic acids is 2. The van der Waals surface area contributed by atoms with Gasteiger partial charge in [0.25, 0.3) is 0 Å². The number of rotatable bonds is 5. The molecule has 0 saturated heterocycles. The zero-order chi connectivity index (χ0) is 22.7. The standard InChI is InChI=1S/C24H18ClFN4O2/c1-15(31)30(21-5-3-16-6-8-27-14-18(16)10-21)23-13-20(7-9-28-23)29-24(32)11-17-2-4-19(26)12-22(17)25/h2-10,12-14H,11H2,1H3,(H,28,29,32). The minimum Gasteiger partial charge on any atom is -0.326 e. The van der Waals surface area contributed by atoms with E-state index >= 15 is 0 Å². The first-order chi connectivity index (χ1) is 15.4. The molecule has 0 aliphatic rings. The Morgan fingerprint density at radius 3 is 2.66 bits per heavy atom. The minimum atomic E-state index is -0.466. The average molecular weight is 449 g/mol. The Labute approximate surface area is 188 Å². The molecular formula is C24H18ClFN4O2. The van der Waals surface area contributed by atoms with Crippen molar-refractivity contribution >= 4 is 51.4 Å². The Balaban J connectivity index is 1.58. The molecule has 2 heterocycles. The van der Waals surface area contributed by atoms with Crippen molar-refractivity contribution in [1.29, 1.82) is 0 Å². The Kier molecular flexibility index (Phi) is 6.09. The van der Waals surface area contributed by atoms with E-state index in [1.54, 1.807) is 24.5 Å². The average Bonchev–Trinajstić information content (AvgIpc) is 2.76. The van der Waals surface area contributed by atoms with Gasteiger partial charge >= 0.3 is 0 Å². The van der Waals surface area contributed by atoms with Crippen molar-refractivity contribution in [1.82, 2.24) is 9.97 Å². The summed E-state index contributed by atoms with van der Waals surface area (Å²) >= 11 is 6.01. The highest BCUT2D eigenvalue weighted by atomic mass is 35.5. The Hall–Kier alpha value is -3.84. The van der Waals surface area contributed by atoms with E-state index in [4.69, 9.17) is 11.6 Å². The molecule has 8 heteroatoms. The summed E-state index contributed by atoms with van der Waals surface area (Å²) in [4.78, 5) is 34.8. The van der Waals surface area contributed by atoms with Gasteiger partial charge < -0.3 is 5.32 Å². The van der Waals surface area contributed by atoms with Crippen LogP contribution in [0.25, 0.3) is 10.8 Å². The molecule has 4 aromatic rings. The normalized spacial score (nSPS) is 10.7.